The first-order chi connectivity index (χ1) is 16.2. The Morgan fingerprint density at radius 3 is 2.35 bits per heavy atom. The molecule has 2 aromatic carbocycles. The van der Waals surface area contributed by atoms with E-state index in [2.05, 4.69) is 16.0 Å². The quantitative estimate of drug-likeness (QED) is 0.426. The Bertz CT molecular complexity index is 1200. The predicted octanol–water partition coefficient (Wildman–Crippen LogP) is 2.12. The third-order valence-electron chi connectivity index (χ3n) is 5.42. The summed E-state index contributed by atoms with van der Waals surface area (Å²) in [7, 11) is 5.13. The Balaban J connectivity index is 1.53. The van der Waals surface area contributed by atoms with Gasteiger partial charge in [0.15, 0.2) is 13.7 Å². The summed E-state index contributed by atoms with van der Waals surface area (Å²) in [6.07, 6.45) is 0. The van der Waals surface area contributed by atoms with Gasteiger partial charge >= 0.3 is 11.6 Å². The monoisotopic (exact) mass is 484 g/mol. The van der Waals surface area contributed by atoms with Gasteiger partial charge in [-0.25, -0.2) is 0 Å². The molecule has 0 aliphatic rings. The number of hydrogen-bond acceptors (Lipinski definition) is 4. The Morgan fingerprint density at radius 2 is 1.74 bits per heavy atom. The van der Waals surface area contributed by atoms with E-state index in [1.54, 1.807) is 64.9 Å². The van der Waals surface area contributed by atoms with Crippen LogP contribution in [0.4, 0.5) is 5.69 Å². The van der Waals surface area contributed by atoms with Gasteiger partial charge in [0, 0.05) is 13.6 Å². The number of benzene rings is 2. The number of rotatable bonds is 8. The molecule has 0 saturated carbocycles. The van der Waals surface area contributed by atoms with Crippen molar-refractivity contribution < 1.29 is 23.8 Å². The van der Waals surface area contributed by atoms with E-state index in [9.17, 15) is 14.4 Å². The fraction of sp³-hybridized carbons (Fsp3) is 0.250. The van der Waals surface area contributed by atoms with Crippen LogP contribution in [0.2, 0.25) is 5.02 Å². The molecule has 1 heterocycles. The van der Waals surface area contributed by atoms with Gasteiger partial charge < -0.3 is 20.7 Å². The summed E-state index contributed by atoms with van der Waals surface area (Å²) in [5.41, 5.74) is 2.83. The average molecular weight is 485 g/mol. The van der Waals surface area contributed by atoms with E-state index in [0.717, 1.165) is 11.3 Å². The summed E-state index contributed by atoms with van der Waals surface area (Å²) in [5.74, 6) is -0.461. The van der Waals surface area contributed by atoms with Crippen LogP contribution in [0.1, 0.15) is 32.1 Å². The van der Waals surface area contributed by atoms with Crippen molar-refractivity contribution in [1.82, 2.24) is 15.3 Å². The smallest absolute Gasteiger partial charge is 0.320 e. The SMILES string of the molecule is CNC(=O)c1ccccc1NC(=O)COc1ccc(CNC(=O)c2c(Cl)c(C)n(C)[n+]2C)cc1. The van der Waals surface area contributed by atoms with Crippen molar-refractivity contribution in [3.05, 3.63) is 76.1 Å². The molecule has 3 amide bonds. The van der Waals surface area contributed by atoms with Crippen LogP contribution in [-0.2, 0) is 25.4 Å². The third-order valence-corrected chi connectivity index (χ3v) is 5.87. The maximum Gasteiger partial charge on any atom is 0.320 e. The predicted molar refractivity (Wildman–Crippen MR) is 128 cm³/mol. The highest BCUT2D eigenvalue weighted by molar-refractivity contribution is 6.33. The van der Waals surface area contributed by atoms with Gasteiger partial charge in [0.1, 0.15) is 10.8 Å². The number of hydrogen-bond donors (Lipinski definition) is 3. The Morgan fingerprint density at radius 1 is 1.06 bits per heavy atom. The van der Waals surface area contributed by atoms with Gasteiger partial charge in [-0.1, -0.05) is 35.9 Å². The number of ether oxygens (including phenoxy) is 1. The third kappa shape index (κ3) is 5.55. The van der Waals surface area contributed by atoms with Crippen LogP contribution in [0.15, 0.2) is 48.5 Å². The molecular formula is C24H27ClN5O4+. The molecule has 0 radical (unpaired) electrons. The van der Waals surface area contributed by atoms with Crippen LogP contribution in [0.25, 0.3) is 0 Å². The highest BCUT2D eigenvalue weighted by Gasteiger charge is 2.28. The van der Waals surface area contributed by atoms with Crippen molar-refractivity contribution in [3.63, 3.8) is 0 Å². The molecule has 3 N–H and O–H groups in total. The lowest BCUT2D eigenvalue weighted by Crippen LogP contribution is -2.45. The minimum atomic E-state index is -0.393. The van der Waals surface area contributed by atoms with Crippen LogP contribution >= 0.6 is 11.6 Å². The van der Waals surface area contributed by atoms with Crippen LogP contribution in [-0.4, -0.2) is 36.1 Å². The number of carbonyl (C=O) groups excluding carboxylic acids is 3. The van der Waals surface area contributed by atoms with Crippen molar-refractivity contribution in [2.24, 2.45) is 14.1 Å². The van der Waals surface area contributed by atoms with Gasteiger partial charge in [-0.2, -0.15) is 4.68 Å². The Labute approximate surface area is 202 Å². The molecule has 9 nitrogen and oxygen atoms in total. The first-order valence-electron chi connectivity index (χ1n) is 10.5. The standard InChI is InChI=1S/C24H26ClN5O4/c1-15-21(25)22(30(4)29(15)3)24(33)27-13-16-9-11-17(12-10-16)34-14-20(31)28-19-8-6-5-7-18(19)23(32)26-2/h5-12H,13-14H2,1-4H3,(H2-,26,27,28,31,32,33)/p+1. The first-order valence-corrected chi connectivity index (χ1v) is 10.9. The number of anilines is 1. The van der Waals surface area contributed by atoms with Crippen molar-refractivity contribution in [2.75, 3.05) is 19.0 Å². The zero-order valence-electron chi connectivity index (χ0n) is 19.4. The van der Waals surface area contributed by atoms with Crippen molar-refractivity contribution in [3.8, 4) is 5.75 Å². The fourth-order valence-electron chi connectivity index (χ4n) is 3.31. The molecule has 0 spiro atoms. The van der Waals surface area contributed by atoms with E-state index in [-0.39, 0.29) is 18.4 Å². The molecule has 0 saturated heterocycles. The van der Waals surface area contributed by atoms with E-state index in [1.165, 1.54) is 7.05 Å². The number of carbonyl (C=O) groups is 3. The van der Waals surface area contributed by atoms with E-state index in [0.29, 0.717) is 34.3 Å². The van der Waals surface area contributed by atoms with Gasteiger partial charge in [-0.3, -0.25) is 14.4 Å². The minimum Gasteiger partial charge on any atom is -0.484 e. The second-order valence-corrected chi connectivity index (χ2v) is 7.96. The second kappa shape index (κ2) is 10.8. The lowest BCUT2D eigenvalue weighted by Gasteiger charge is -2.11. The van der Waals surface area contributed by atoms with Gasteiger partial charge in [0.05, 0.1) is 24.0 Å². The lowest BCUT2D eigenvalue weighted by atomic mass is 10.1. The van der Waals surface area contributed by atoms with Crippen molar-refractivity contribution >= 4 is 35.0 Å². The largest absolute Gasteiger partial charge is 0.484 e. The van der Waals surface area contributed by atoms with Crippen LogP contribution < -0.4 is 25.4 Å². The van der Waals surface area contributed by atoms with E-state index >= 15 is 0 Å². The van der Waals surface area contributed by atoms with Crippen LogP contribution in [0, 0.1) is 6.92 Å². The van der Waals surface area contributed by atoms with E-state index < -0.39 is 5.91 Å². The minimum absolute atomic E-state index is 0.222. The fourth-order valence-corrected chi connectivity index (χ4v) is 3.64. The highest BCUT2D eigenvalue weighted by Crippen LogP contribution is 2.18. The average Bonchev–Trinajstić information content (AvgIpc) is 3.04. The molecule has 3 rings (SSSR count). The molecule has 0 fully saturated rings. The molecule has 1 aromatic heterocycles. The molecule has 0 atom stereocenters. The van der Waals surface area contributed by atoms with Crippen LogP contribution in [0.5, 0.6) is 5.75 Å². The zero-order chi connectivity index (χ0) is 24.8. The lowest BCUT2D eigenvalue weighted by molar-refractivity contribution is -0.753. The number of aromatic nitrogens is 2. The van der Waals surface area contributed by atoms with Crippen LogP contribution in [0.3, 0.4) is 0 Å². The summed E-state index contributed by atoms with van der Waals surface area (Å²) < 4.78 is 9.04. The summed E-state index contributed by atoms with van der Waals surface area (Å²) in [6.45, 7) is 1.93. The Hall–Kier alpha value is -3.85. The number of nitrogens with one attached hydrogen (secondary N) is 3. The first kappa shape index (κ1) is 24.8. The topological polar surface area (TPSA) is 105 Å². The number of para-hydroxylation sites is 1. The summed E-state index contributed by atoms with van der Waals surface area (Å²) >= 11 is 6.29. The van der Waals surface area contributed by atoms with Gasteiger partial charge in [-0.05, 0) is 36.8 Å². The van der Waals surface area contributed by atoms with Gasteiger partial charge in [-0.15, -0.1) is 4.68 Å². The molecule has 3 aromatic rings. The zero-order valence-corrected chi connectivity index (χ0v) is 20.2. The maximum atomic E-state index is 12.6. The van der Waals surface area contributed by atoms with E-state index in [1.807, 2.05) is 14.0 Å². The van der Waals surface area contributed by atoms with Gasteiger partial charge in [0.25, 0.3) is 11.8 Å². The molecule has 0 aliphatic heterocycles. The number of nitrogens with zero attached hydrogens (tertiary/aromatic N) is 2. The number of halogens is 1. The number of amides is 3. The summed E-state index contributed by atoms with van der Waals surface area (Å²) in [5, 5.41) is 8.50. The molecule has 10 heteroatoms. The molecule has 0 aliphatic carbocycles. The normalized spacial score (nSPS) is 10.5. The molecule has 0 unspecified atom stereocenters. The summed E-state index contributed by atoms with van der Waals surface area (Å²) in [6, 6.07) is 13.7. The molecular weight excluding hydrogens is 458 g/mol. The maximum absolute atomic E-state index is 12.6. The van der Waals surface area contributed by atoms with E-state index in [4.69, 9.17) is 16.3 Å². The Kier molecular flexibility index (Phi) is 7.91. The van der Waals surface area contributed by atoms with Crippen molar-refractivity contribution in [2.45, 2.75) is 13.5 Å². The molecule has 34 heavy (non-hydrogen) atoms. The van der Waals surface area contributed by atoms with Gasteiger partial charge in [0.2, 0.25) is 0 Å². The molecule has 0 bridgehead atoms. The second-order valence-electron chi connectivity index (χ2n) is 7.58. The summed E-state index contributed by atoms with van der Waals surface area (Å²) in [4.78, 5) is 36.8. The highest BCUT2D eigenvalue weighted by atomic mass is 35.5. The molecule has 178 valence electrons. The van der Waals surface area contributed by atoms with Crippen molar-refractivity contribution in [1.29, 1.82) is 0 Å².